The first-order valence-electron chi connectivity index (χ1n) is 4.86. The van der Waals surface area contributed by atoms with E-state index in [1.807, 2.05) is 6.92 Å². The number of halogens is 1. The van der Waals surface area contributed by atoms with Crippen LogP contribution in [0.15, 0.2) is 18.2 Å². The first kappa shape index (κ1) is 11.5. The predicted octanol–water partition coefficient (Wildman–Crippen LogP) is 1.89. The van der Waals surface area contributed by atoms with E-state index in [4.69, 9.17) is 5.73 Å². The molecule has 82 valence electrons. The van der Waals surface area contributed by atoms with Crippen molar-refractivity contribution in [3.8, 4) is 0 Å². The van der Waals surface area contributed by atoms with E-state index in [0.717, 1.165) is 6.42 Å². The van der Waals surface area contributed by atoms with Crippen molar-refractivity contribution in [3.63, 3.8) is 0 Å². The number of nitrogens with two attached hydrogens (primary N) is 1. The van der Waals surface area contributed by atoms with Crippen LogP contribution in [-0.2, 0) is 0 Å². The zero-order valence-electron chi connectivity index (χ0n) is 8.96. The van der Waals surface area contributed by atoms with Crippen molar-refractivity contribution in [1.82, 2.24) is 4.90 Å². The Bertz CT molecular complexity index is 366. The first-order valence-corrected chi connectivity index (χ1v) is 4.86. The molecule has 0 heterocycles. The third kappa shape index (κ3) is 2.68. The average Bonchev–Trinajstić information content (AvgIpc) is 2.21. The lowest BCUT2D eigenvalue weighted by atomic mass is 10.1. The molecular weight excluding hydrogens is 195 g/mol. The molecule has 0 unspecified atom stereocenters. The molecule has 0 spiro atoms. The lowest BCUT2D eigenvalue weighted by molar-refractivity contribution is 0.0790. The summed E-state index contributed by atoms with van der Waals surface area (Å²) in [5.41, 5.74) is 5.93. The van der Waals surface area contributed by atoms with Crippen LogP contribution in [0.25, 0.3) is 0 Å². The summed E-state index contributed by atoms with van der Waals surface area (Å²) in [5, 5.41) is 0. The fourth-order valence-electron chi connectivity index (χ4n) is 1.35. The van der Waals surface area contributed by atoms with Gasteiger partial charge >= 0.3 is 0 Å². The summed E-state index contributed by atoms with van der Waals surface area (Å²) in [4.78, 5) is 13.2. The van der Waals surface area contributed by atoms with E-state index >= 15 is 0 Å². The van der Waals surface area contributed by atoms with Crippen molar-refractivity contribution in [2.45, 2.75) is 13.3 Å². The van der Waals surface area contributed by atoms with E-state index < -0.39 is 5.82 Å². The second-order valence-electron chi connectivity index (χ2n) is 3.47. The van der Waals surface area contributed by atoms with E-state index in [1.165, 1.54) is 23.1 Å². The van der Waals surface area contributed by atoms with E-state index in [9.17, 15) is 9.18 Å². The van der Waals surface area contributed by atoms with Crippen LogP contribution in [0.3, 0.4) is 0 Å². The van der Waals surface area contributed by atoms with Gasteiger partial charge in [-0.25, -0.2) is 4.39 Å². The molecule has 0 aliphatic rings. The number of carbonyl (C=O) groups is 1. The number of benzene rings is 1. The van der Waals surface area contributed by atoms with Crippen molar-refractivity contribution in [2.75, 3.05) is 19.3 Å². The number of hydrogen-bond donors (Lipinski definition) is 1. The minimum atomic E-state index is -0.530. The summed E-state index contributed by atoms with van der Waals surface area (Å²) in [6.07, 6.45) is 0.839. The molecule has 0 atom stereocenters. The van der Waals surface area contributed by atoms with Gasteiger partial charge in [0, 0.05) is 19.3 Å². The van der Waals surface area contributed by atoms with E-state index in [2.05, 4.69) is 0 Å². The molecule has 1 rings (SSSR count). The summed E-state index contributed by atoms with van der Waals surface area (Å²) >= 11 is 0. The molecule has 0 aliphatic heterocycles. The number of anilines is 1. The molecule has 0 aliphatic carbocycles. The van der Waals surface area contributed by atoms with Crippen molar-refractivity contribution >= 4 is 11.6 Å². The molecule has 4 heteroatoms. The number of carbonyl (C=O) groups excluding carboxylic acids is 1. The zero-order valence-corrected chi connectivity index (χ0v) is 8.96. The Morgan fingerprint density at radius 2 is 2.20 bits per heavy atom. The number of nitrogens with zero attached hydrogens (tertiary/aromatic N) is 1. The van der Waals surface area contributed by atoms with Crippen LogP contribution in [0, 0.1) is 5.82 Å². The maximum atomic E-state index is 13.3. The van der Waals surface area contributed by atoms with Gasteiger partial charge in [-0.1, -0.05) is 6.92 Å². The van der Waals surface area contributed by atoms with Gasteiger partial charge in [-0.2, -0.15) is 0 Å². The molecule has 1 amide bonds. The zero-order chi connectivity index (χ0) is 11.4. The fourth-order valence-corrected chi connectivity index (χ4v) is 1.35. The van der Waals surface area contributed by atoms with Crippen LogP contribution in [0.5, 0.6) is 0 Å². The van der Waals surface area contributed by atoms with Gasteiger partial charge in [0.25, 0.3) is 5.91 Å². The molecule has 0 fully saturated rings. The molecule has 3 nitrogen and oxygen atoms in total. The summed E-state index contributed by atoms with van der Waals surface area (Å²) in [6, 6.07) is 4.01. The highest BCUT2D eigenvalue weighted by atomic mass is 19.1. The monoisotopic (exact) mass is 210 g/mol. The molecule has 1 aromatic carbocycles. The van der Waals surface area contributed by atoms with Crippen LogP contribution < -0.4 is 5.73 Å². The molecule has 0 saturated carbocycles. The van der Waals surface area contributed by atoms with Gasteiger partial charge in [-0.05, 0) is 24.6 Å². The minimum Gasteiger partial charge on any atom is -0.399 e. The lowest BCUT2D eigenvalue weighted by Crippen LogP contribution is -2.28. The minimum absolute atomic E-state index is 0.0333. The van der Waals surface area contributed by atoms with Gasteiger partial charge in [-0.3, -0.25) is 4.79 Å². The number of amides is 1. The lowest BCUT2D eigenvalue weighted by Gasteiger charge is -2.16. The van der Waals surface area contributed by atoms with Gasteiger partial charge in [-0.15, -0.1) is 0 Å². The van der Waals surface area contributed by atoms with Crippen LogP contribution in [0.2, 0.25) is 0 Å². The SMILES string of the molecule is CCCN(C)C(=O)c1cc(N)ccc1F. The number of hydrogen-bond acceptors (Lipinski definition) is 2. The normalized spacial score (nSPS) is 10.1. The maximum absolute atomic E-state index is 13.3. The van der Waals surface area contributed by atoms with Crippen molar-refractivity contribution < 1.29 is 9.18 Å². The van der Waals surface area contributed by atoms with Crippen LogP contribution >= 0.6 is 0 Å². The Morgan fingerprint density at radius 1 is 1.53 bits per heavy atom. The Hall–Kier alpha value is -1.58. The van der Waals surface area contributed by atoms with Crippen LogP contribution in [0.1, 0.15) is 23.7 Å². The van der Waals surface area contributed by atoms with Crippen molar-refractivity contribution in [1.29, 1.82) is 0 Å². The quantitative estimate of drug-likeness (QED) is 0.774. The van der Waals surface area contributed by atoms with Crippen LogP contribution in [0.4, 0.5) is 10.1 Å². The summed E-state index contributed by atoms with van der Waals surface area (Å²) in [5.74, 6) is -0.862. The van der Waals surface area contributed by atoms with Crippen molar-refractivity contribution in [2.24, 2.45) is 0 Å². The molecule has 0 radical (unpaired) electrons. The Morgan fingerprint density at radius 3 is 2.80 bits per heavy atom. The number of nitrogen functional groups attached to an aromatic ring is 1. The predicted molar refractivity (Wildman–Crippen MR) is 58.1 cm³/mol. The summed E-state index contributed by atoms with van der Waals surface area (Å²) in [7, 11) is 1.65. The second kappa shape index (κ2) is 4.77. The number of rotatable bonds is 3. The van der Waals surface area contributed by atoms with Gasteiger partial charge in [0.15, 0.2) is 0 Å². The van der Waals surface area contributed by atoms with E-state index in [1.54, 1.807) is 7.05 Å². The average molecular weight is 210 g/mol. The largest absolute Gasteiger partial charge is 0.399 e. The molecule has 0 aromatic heterocycles. The third-order valence-corrected chi connectivity index (χ3v) is 2.13. The molecule has 15 heavy (non-hydrogen) atoms. The van der Waals surface area contributed by atoms with E-state index in [-0.39, 0.29) is 11.5 Å². The molecule has 2 N–H and O–H groups in total. The standard InChI is InChI=1S/C11H15FN2O/c1-3-6-14(2)11(15)9-7-8(13)4-5-10(9)12/h4-5,7H,3,6,13H2,1-2H3. The highest BCUT2D eigenvalue weighted by Crippen LogP contribution is 2.13. The van der Waals surface area contributed by atoms with Crippen LogP contribution in [-0.4, -0.2) is 24.4 Å². The van der Waals surface area contributed by atoms with Crippen molar-refractivity contribution in [3.05, 3.63) is 29.6 Å². The summed E-state index contributed by atoms with van der Waals surface area (Å²) < 4.78 is 13.3. The van der Waals surface area contributed by atoms with E-state index in [0.29, 0.717) is 12.2 Å². The first-order chi connectivity index (χ1) is 7.06. The Kier molecular flexibility index (Phi) is 3.66. The Balaban J connectivity index is 2.95. The van der Waals surface area contributed by atoms with Gasteiger partial charge in [0.1, 0.15) is 5.82 Å². The van der Waals surface area contributed by atoms with Gasteiger partial charge in [0.2, 0.25) is 0 Å². The smallest absolute Gasteiger partial charge is 0.256 e. The highest BCUT2D eigenvalue weighted by molar-refractivity contribution is 5.95. The molecule has 0 saturated heterocycles. The topological polar surface area (TPSA) is 46.3 Å². The Labute approximate surface area is 88.7 Å². The highest BCUT2D eigenvalue weighted by Gasteiger charge is 2.15. The molecule has 1 aromatic rings. The second-order valence-corrected chi connectivity index (χ2v) is 3.47. The van der Waals surface area contributed by atoms with Gasteiger partial charge in [0.05, 0.1) is 5.56 Å². The third-order valence-electron chi connectivity index (χ3n) is 2.13. The summed E-state index contributed by atoms with van der Waals surface area (Å²) in [6.45, 7) is 2.56. The molecular formula is C11H15FN2O. The fraction of sp³-hybridized carbons (Fsp3) is 0.364. The van der Waals surface area contributed by atoms with Gasteiger partial charge < -0.3 is 10.6 Å². The molecule has 0 bridgehead atoms. The maximum Gasteiger partial charge on any atom is 0.256 e.